The Hall–Kier alpha value is -4.27. The maximum atomic E-state index is 13.9. The molecule has 2 fully saturated rings. The van der Waals surface area contributed by atoms with Gasteiger partial charge in [-0.1, -0.05) is 34.4 Å². The number of ether oxygens (including phenoxy) is 2. The van der Waals surface area contributed by atoms with Gasteiger partial charge in [0, 0.05) is 30.1 Å². The van der Waals surface area contributed by atoms with Gasteiger partial charge in [-0.05, 0) is 79.8 Å². The number of aromatic nitrogens is 2. The second-order valence-electron chi connectivity index (χ2n) is 11.5. The van der Waals surface area contributed by atoms with E-state index in [0.717, 1.165) is 64.8 Å². The van der Waals surface area contributed by atoms with E-state index in [1.165, 1.54) is 0 Å². The van der Waals surface area contributed by atoms with E-state index in [0.29, 0.717) is 45.2 Å². The van der Waals surface area contributed by atoms with Crippen LogP contribution in [0.1, 0.15) is 48.5 Å². The Labute approximate surface area is 256 Å². The highest BCUT2D eigenvalue weighted by Crippen LogP contribution is 2.60. The number of benzene rings is 3. The van der Waals surface area contributed by atoms with Crippen molar-refractivity contribution in [2.75, 3.05) is 4.90 Å². The lowest BCUT2D eigenvalue weighted by Crippen LogP contribution is -2.27. The summed E-state index contributed by atoms with van der Waals surface area (Å²) in [6.07, 6.45) is 5.41. The number of aryl methyl sites for hydroxylation is 1. The van der Waals surface area contributed by atoms with E-state index < -0.39 is 5.41 Å². The Balaban J connectivity index is 1.13. The minimum absolute atomic E-state index is 0.0586. The van der Waals surface area contributed by atoms with Gasteiger partial charge < -0.3 is 18.6 Å². The van der Waals surface area contributed by atoms with Gasteiger partial charge in [-0.2, -0.15) is 0 Å². The van der Waals surface area contributed by atoms with Crippen LogP contribution in [0.25, 0.3) is 22.2 Å². The van der Waals surface area contributed by atoms with Crippen LogP contribution < -0.4 is 14.4 Å². The summed E-state index contributed by atoms with van der Waals surface area (Å²) in [5.41, 5.74) is 4.95. The van der Waals surface area contributed by atoms with Crippen molar-refractivity contribution in [1.82, 2.24) is 9.72 Å². The largest absolute Gasteiger partial charge is 0.489 e. The van der Waals surface area contributed by atoms with Crippen molar-refractivity contribution >= 4 is 57.9 Å². The molecule has 5 aromatic rings. The van der Waals surface area contributed by atoms with E-state index in [1.54, 1.807) is 29.3 Å². The summed E-state index contributed by atoms with van der Waals surface area (Å²) in [6, 6.07) is 16.9. The summed E-state index contributed by atoms with van der Waals surface area (Å²) >= 11 is 13.1. The molecule has 10 heteroatoms. The first-order valence-electron chi connectivity index (χ1n) is 14.1. The van der Waals surface area contributed by atoms with E-state index in [2.05, 4.69) is 5.16 Å². The standard InChI is InChI=1S/C33H25Cl2N3O5/c1-37-15-28(42-17-39)21-9-7-19(13-27(21)37)38-26-10-8-20(14-23(26)33(11-12-33)32(38)40)41-16-22-30(36-43-31(22)18-5-6-18)29-24(34)3-2-4-25(29)35/h2-4,7-10,13-15,17-18H,5-6,11-12,16H2,1H3. The number of anilines is 2. The molecule has 1 amide bonds. The summed E-state index contributed by atoms with van der Waals surface area (Å²) in [5, 5.41) is 6.16. The van der Waals surface area contributed by atoms with Crippen molar-refractivity contribution in [3.8, 4) is 22.8 Å². The Bertz CT molecular complexity index is 1950. The van der Waals surface area contributed by atoms with Crippen LogP contribution in [0.15, 0.2) is 65.3 Å². The maximum absolute atomic E-state index is 13.9. The third-order valence-corrected chi connectivity index (χ3v) is 9.44. The predicted molar refractivity (Wildman–Crippen MR) is 162 cm³/mol. The van der Waals surface area contributed by atoms with Gasteiger partial charge in [-0.15, -0.1) is 0 Å². The first kappa shape index (κ1) is 26.4. The molecule has 2 saturated carbocycles. The van der Waals surface area contributed by atoms with Crippen LogP contribution in [0.5, 0.6) is 11.5 Å². The van der Waals surface area contributed by atoms with Crippen LogP contribution in [-0.4, -0.2) is 22.1 Å². The highest BCUT2D eigenvalue weighted by Gasteiger charge is 2.59. The molecule has 3 aliphatic rings. The Morgan fingerprint density at radius 3 is 2.60 bits per heavy atom. The number of carbonyl (C=O) groups is 2. The molecule has 8 nitrogen and oxygen atoms in total. The fourth-order valence-corrected chi connectivity index (χ4v) is 6.89. The average molecular weight is 614 g/mol. The van der Waals surface area contributed by atoms with Crippen molar-refractivity contribution < 1.29 is 23.6 Å². The summed E-state index contributed by atoms with van der Waals surface area (Å²) < 4.78 is 19.2. The molecule has 0 bridgehead atoms. The molecular formula is C33H25Cl2N3O5. The smallest absolute Gasteiger partial charge is 0.298 e. The van der Waals surface area contributed by atoms with Gasteiger partial charge in [0.1, 0.15) is 23.8 Å². The van der Waals surface area contributed by atoms with Crippen LogP contribution in [0, 0.1) is 0 Å². The fourth-order valence-electron chi connectivity index (χ4n) is 6.31. The SMILES string of the molecule is Cn1cc(OC=O)c2ccc(N3C(=O)C4(CC4)c4cc(OCc5c(-c6c(Cl)cccc6Cl)noc5C5CC5)ccc43)cc21. The lowest BCUT2D eigenvalue weighted by Gasteiger charge is -2.19. The maximum Gasteiger partial charge on any atom is 0.298 e. The van der Waals surface area contributed by atoms with Gasteiger partial charge in [0.25, 0.3) is 6.47 Å². The van der Waals surface area contributed by atoms with Crippen LogP contribution in [0.4, 0.5) is 11.4 Å². The number of carbonyl (C=O) groups excluding carboxylic acids is 2. The molecule has 216 valence electrons. The van der Waals surface area contributed by atoms with Gasteiger partial charge >= 0.3 is 0 Å². The second kappa shape index (κ2) is 9.62. The Kier molecular flexibility index (Phi) is 5.90. The van der Waals surface area contributed by atoms with Gasteiger partial charge in [-0.3, -0.25) is 14.5 Å². The molecule has 0 radical (unpaired) electrons. The van der Waals surface area contributed by atoms with Crippen molar-refractivity contribution in [3.63, 3.8) is 0 Å². The topological polar surface area (TPSA) is 86.8 Å². The normalized spacial score (nSPS) is 16.6. The number of hydrogen-bond donors (Lipinski definition) is 0. The van der Waals surface area contributed by atoms with E-state index in [-0.39, 0.29) is 12.5 Å². The number of fused-ring (bicyclic) bond motifs is 3. The molecule has 1 spiro atoms. The number of rotatable bonds is 8. The van der Waals surface area contributed by atoms with Gasteiger partial charge in [0.2, 0.25) is 5.91 Å². The monoisotopic (exact) mass is 613 g/mol. The molecule has 8 rings (SSSR count). The van der Waals surface area contributed by atoms with Crippen LogP contribution >= 0.6 is 23.2 Å². The van der Waals surface area contributed by atoms with Crippen molar-refractivity contribution in [2.45, 2.75) is 43.6 Å². The molecule has 0 N–H and O–H groups in total. The number of nitrogens with zero attached hydrogens (tertiary/aromatic N) is 3. The Morgan fingerprint density at radius 1 is 1.09 bits per heavy atom. The summed E-state index contributed by atoms with van der Waals surface area (Å²) in [4.78, 5) is 26.6. The molecular weight excluding hydrogens is 589 g/mol. The number of hydrogen-bond acceptors (Lipinski definition) is 6. The van der Waals surface area contributed by atoms with E-state index in [9.17, 15) is 9.59 Å². The van der Waals surface area contributed by atoms with E-state index in [1.807, 2.05) is 48.0 Å². The zero-order valence-electron chi connectivity index (χ0n) is 23.1. The average Bonchev–Trinajstić information content (AvgIpc) is 3.92. The number of halogens is 2. The van der Waals surface area contributed by atoms with Crippen molar-refractivity contribution in [3.05, 3.63) is 87.7 Å². The highest BCUT2D eigenvalue weighted by atomic mass is 35.5. The number of amides is 1. The Morgan fingerprint density at radius 2 is 1.88 bits per heavy atom. The summed E-state index contributed by atoms with van der Waals surface area (Å²) in [7, 11) is 1.88. The molecule has 0 saturated heterocycles. The van der Waals surface area contributed by atoms with Crippen LogP contribution in [-0.2, 0) is 28.7 Å². The van der Waals surface area contributed by atoms with E-state index >= 15 is 0 Å². The van der Waals surface area contributed by atoms with Crippen molar-refractivity contribution in [1.29, 1.82) is 0 Å². The molecule has 2 aromatic heterocycles. The van der Waals surface area contributed by atoms with E-state index in [4.69, 9.17) is 37.2 Å². The minimum atomic E-state index is -0.545. The third-order valence-electron chi connectivity index (χ3n) is 8.81. The molecule has 3 aromatic carbocycles. The zero-order valence-corrected chi connectivity index (χ0v) is 24.6. The van der Waals surface area contributed by atoms with Crippen LogP contribution in [0.3, 0.4) is 0 Å². The van der Waals surface area contributed by atoms with Gasteiger partial charge in [0.05, 0.1) is 37.9 Å². The molecule has 0 unspecified atom stereocenters. The predicted octanol–water partition coefficient (Wildman–Crippen LogP) is 7.84. The third kappa shape index (κ3) is 4.07. The summed E-state index contributed by atoms with van der Waals surface area (Å²) in [6.45, 7) is 0.646. The van der Waals surface area contributed by atoms with Gasteiger partial charge in [0.15, 0.2) is 5.75 Å². The molecule has 3 heterocycles. The first-order valence-corrected chi connectivity index (χ1v) is 14.9. The minimum Gasteiger partial charge on any atom is -0.489 e. The van der Waals surface area contributed by atoms with Gasteiger partial charge in [-0.25, -0.2) is 0 Å². The van der Waals surface area contributed by atoms with Crippen LogP contribution in [0.2, 0.25) is 10.0 Å². The zero-order chi connectivity index (χ0) is 29.5. The molecule has 43 heavy (non-hydrogen) atoms. The van der Waals surface area contributed by atoms with Crippen molar-refractivity contribution in [2.24, 2.45) is 7.05 Å². The second-order valence-corrected chi connectivity index (χ2v) is 12.3. The summed E-state index contributed by atoms with van der Waals surface area (Å²) in [5.74, 6) is 2.32. The quantitative estimate of drug-likeness (QED) is 0.166. The first-order chi connectivity index (χ1) is 20.9. The molecule has 1 aliphatic heterocycles. The lowest BCUT2D eigenvalue weighted by molar-refractivity contribution is -0.121. The fraction of sp³-hybridized carbons (Fsp3) is 0.242. The lowest BCUT2D eigenvalue weighted by atomic mass is 9.98. The highest BCUT2D eigenvalue weighted by molar-refractivity contribution is 6.39. The molecule has 0 atom stereocenters. The molecule has 2 aliphatic carbocycles.